The number of hydrogen-bond acceptors (Lipinski definition) is 5. The number of thiophene rings is 1. The van der Waals surface area contributed by atoms with Crippen LogP contribution in [0.4, 0.5) is 5.00 Å². The van der Waals surface area contributed by atoms with Crippen molar-refractivity contribution < 1.29 is 19.1 Å². The quantitative estimate of drug-likeness (QED) is 0.789. The van der Waals surface area contributed by atoms with Gasteiger partial charge < -0.3 is 15.8 Å². The van der Waals surface area contributed by atoms with Crippen molar-refractivity contribution in [2.24, 2.45) is 5.73 Å². The number of anilines is 1. The number of primary amides is 1. The van der Waals surface area contributed by atoms with Crippen molar-refractivity contribution in [3.63, 3.8) is 0 Å². The first kappa shape index (κ1) is 18.1. The second-order valence-corrected chi connectivity index (χ2v) is 7.32. The van der Waals surface area contributed by atoms with Gasteiger partial charge in [-0.2, -0.15) is 0 Å². The van der Waals surface area contributed by atoms with E-state index in [0.29, 0.717) is 16.1 Å². The van der Waals surface area contributed by atoms with E-state index in [2.05, 4.69) is 5.32 Å². The number of hydrogen-bond donors (Lipinski definition) is 2. The Kier molecular flexibility index (Phi) is 5.37. The molecule has 26 heavy (non-hydrogen) atoms. The van der Waals surface area contributed by atoms with Crippen molar-refractivity contribution >= 4 is 34.1 Å². The number of nitrogens with one attached hydrogen (secondary N) is 1. The van der Waals surface area contributed by atoms with E-state index in [1.165, 1.54) is 11.3 Å². The number of ether oxygens (including phenoxy) is 1. The summed E-state index contributed by atoms with van der Waals surface area (Å²) in [5.74, 6) is -1.59. The number of nitrogens with two attached hydrogens (primary N) is 1. The van der Waals surface area contributed by atoms with E-state index >= 15 is 0 Å². The third-order valence-corrected chi connectivity index (χ3v) is 5.58. The lowest BCUT2D eigenvalue weighted by Crippen LogP contribution is -2.23. The molecule has 0 saturated heterocycles. The molecule has 3 N–H and O–H groups in total. The van der Waals surface area contributed by atoms with Crippen LogP contribution in [-0.4, -0.2) is 24.4 Å². The van der Waals surface area contributed by atoms with Gasteiger partial charge in [0.05, 0.1) is 11.1 Å². The molecular weight excluding hydrogens is 352 g/mol. The minimum Gasteiger partial charge on any atom is -0.452 e. The molecule has 0 bridgehead atoms. The average Bonchev–Trinajstić information content (AvgIpc) is 2.98. The van der Waals surface area contributed by atoms with E-state index in [9.17, 15) is 14.4 Å². The number of amides is 2. The Labute approximate surface area is 155 Å². The van der Waals surface area contributed by atoms with Gasteiger partial charge in [-0.05, 0) is 49.8 Å². The molecule has 0 atom stereocenters. The molecular formula is C19H20N2O4S. The number of aryl methyl sites for hydroxylation is 2. The zero-order valence-corrected chi connectivity index (χ0v) is 15.3. The number of carbonyl (C=O) groups is 3. The Morgan fingerprint density at radius 2 is 1.92 bits per heavy atom. The molecule has 3 rings (SSSR count). The van der Waals surface area contributed by atoms with Crippen molar-refractivity contribution in [2.75, 3.05) is 11.9 Å². The van der Waals surface area contributed by atoms with Crippen molar-refractivity contribution in [2.45, 2.75) is 32.6 Å². The predicted molar refractivity (Wildman–Crippen MR) is 99.6 cm³/mol. The lowest BCUT2D eigenvalue weighted by Gasteiger charge is -2.11. The Balaban J connectivity index is 1.67. The molecule has 0 radical (unpaired) electrons. The third kappa shape index (κ3) is 3.77. The minimum absolute atomic E-state index is 0.392. The SMILES string of the molecule is Cc1ccccc1C(=O)OCC(=O)Nc1sc2c(c1C(N)=O)CCCC2. The highest BCUT2D eigenvalue weighted by atomic mass is 32.1. The minimum atomic E-state index is -0.557. The van der Waals surface area contributed by atoms with E-state index in [1.807, 2.05) is 6.07 Å². The van der Waals surface area contributed by atoms with E-state index in [-0.39, 0.29) is 0 Å². The second-order valence-electron chi connectivity index (χ2n) is 6.22. The average molecular weight is 372 g/mol. The Bertz CT molecular complexity index is 872. The van der Waals surface area contributed by atoms with Crippen molar-refractivity contribution in [3.05, 3.63) is 51.4 Å². The van der Waals surface area contributed by atoms with Crippen LogP contribution in [-0.2, 0) is 22.4 Å². The van der Waals surface area contributed by atoms with Crippen LogP contribution in [0.3, 0.4) is 0 Å². The van der Waals surface area contributed by atoms with Crippen LogP contribution in [0.2, 0.25) is 0 Å². The number of carbonyl (C=O) groups excluding carboxylic acids is 3. The Hall–Kier alpha value is -2.67. The first-order chi connectivity index (χ1) is 12.5. The number of fused-ring (bicyclic) bond motifs is 1. The van der Waals surface area contributed by atoms with Gasteiger partial charge in [-0.25, -0.2) is 4.79 Å². The van der Waals surface area contributed by atoms with Crippen LogP contribution in [0, 0.1) is 6.92 Å². The third-order valence-electron chi connectivity index (χ3n) is 4.37. The fraction of sp³-hybridized carbons (Fsp3) is 0.316. The summed E-state index contributed by atoms with van der Waals surface area (Å²) in [6, 6.07) is 7.00. The van der Waals surface area contributed by atoms with Gasteiger partial charge in [0.25, 0.3) is 11.8 Å². The molecule has 1 heterocycles. The fourth-order valence-electron chi connectivity index (χ4n) is 3.09. The largest absolute Gasteiger partial charge is 0.452 e. The first-order valence-electron chi connectivity index (χ1n) is 8.44. The van der Waals surface area contributed by atoms with E-state index in [4.69, 9.17) is 10.5 Å². The van der Waals surface area contributed by atoms with Crippen LogP contribution < -0.4 is 11.1 Å². The van der Waals surface area contributed by atoms with Crippen molar-refractivity contribution in [1.29, 1.82) is 0 Å². The monoisotopic (exact) mass is 372 g/mol. The highest BCUT2D eigenvalue weighted by Crippen LogP contribution is 2.37. The zero-order valence-electron chi connectivity index (χ0n) is 14.5. The number of esters is 1. The van der Waals surface area contributed by atoms with Gasteiger partial charge in [0.15, 0.2) is 6.61 Å². The molecule has 2 amide bonds. The predicted octanol–water partition coefficient (Wildman–Crippen LogP) is 2.83. The van der Waals surface area contributed by atoms with Gasteiger partial charge in [0, 0.05) is 4.88 Å². The summed E-state index contributed by atoms with van der Waals surface area (Å²) in [6.07, 6.45) is 3.75. The fourth-order valence-corrected chi connectivity index (χ4v) is 4.40. The van der Waals surface area contributed by atoms with Crippen LogP contribution in [0.1, 0.15) is 49.6 Å². The number of benzene rings is 1. The molecule has 0 aliphatic heterocycles. The van der Waals surface area contributed by atoms with Crippen LogP contribution in [0.15, 0.2) is 24.3 Å². The molecule has 7 heteroatoms. The molecule has 0 spiro atoms. The van der Waals surface area contributed by atoms with Gasteiger partial charge in [0.2, 0.25) is 0 Å². The molecule has 2 aromatic rings. The van der Waals surface area contributed by atoms with Gasteiger partial charge in [-0.3, -0.25) is 9.59 Å². The van der Waals surface area contributed by atoms with Crippen molar-refractivity contribution in [3.8, 4) is 0 Å². The second kappa shape index (κ2) is 7.70. The van der Waals surface area contributed by atoms with Crippen LogP contribution in [0.25, 0.3) is 0 Å². The summed E-state index contributed by atoms with van der Waals surface area (Å²) < 4.78 is 5.08. The van der Waals surface area contributed by atoms with E-state index in [1.54, 1.807) is 25.1 Å². The van der Waals surface area contributed by atoms with Crippen molar-refractivity contribution in [1.82, 2.24) is 0 Å². The summed E-state index contributed by atoms with van der Waals surface area (Å²) in [5, 5.41) is 3.12. The molecule has 1 aromatic heterocycles. The summed E-state index contributed by atoms with van der Waals surface area (Å²) in [5.41, 5.74) is 8.04. The van der Waals surface area contributed by atoms with Gasteiger partial charge in [-0.15, -0.1) is 11.3 Å². The van der Waals surface area contributed by atoms with Gasteiger partial charge in [0.1, 0.15) is 5.00 Å². The maximum absolute atomic E-state index is 12.2. The van der Waals surface area contributed by atoms with Crippen LogP contribution >= 0.6 is 11.3 Å². The molecule has 1 aliphatic rings. The molecule has 0 saturated carbocycles. The Morgan fingerprint density at radius 1 is 1.19 bits per heavy atom. The Morgan fingerprint density at radius 3 is 2.65 bits per heavy atom. The molecule has 136 valence electrons. The summed E-state index contributed by atoms with van der Waals surface area (Å²) in [4.78, 5) is 37.2. The highest BCUT2D eigenvalue weighted by Gasteiger charge is 2.25. The molecule has 1 aliphatic carbocycles. The first-order valence-corrected chi connectivity index (χ1v) is 9.26. The molecule has 6 nitrogen and oxygen atoms in total. The van der Waals surface area contributed by atoms with Crippen LogP contribution in [0.5, 0.6) is 0 Å². The molecule has 0 fully saturated rings. The smallest absolute Gasteiger partial charge is 0.338 e. The maximum atomic E-state index is 12.2. The summed E-state index contributed by atoms with van der Waals surface area (Å²) in [6.45, 7) is 1.37. The van der Waals surface area contributed by atoms with Gasteiger partial charge in [-0.1, -0.05) is 18.2 Å². The lowest BCUT2D eigenvalue weighted by molar-refractivity contribution is -0.119. The highest BCUT2D eigenvalue weighted by molar-refractivity contribution is 7.17. The summed E-state index contributed by atoms with van der Waals surface area (Å²) >= 11 is 1.38. The molecule has 0 unspecified atom stereocenters. The van der Waals surface area contributed by atoms with E-state index in [0.717, 1.165) is 41.7 Å². The van der Waals surface area contributed by atoms with Gasteiger partial charge >= 0.3 is 5.97 Å². The van der Waals surface area contributed by atoms with E-state index < -0.39 is 24.4 Å². The zero-order chi connectivity index (χ0) is 18.7. The lowest BCUT2D eigenvalue weighted by atomic mass is 9.95. The topological polar surface area (TPSA) is 98.5 Å². The maximum Gasteiger partial charge on any atom is 0.338 e. The molecule has 1 aromatic carbocycles. The normalized spacial score (nSPS) is 13.0. The standard InChI is InChI=1S/C19H20N2O4S/c1-11-6-2-3-7-12(11)19(24)25-10-15(22)21-18-16(17(20)23)13-8-4-5-9-14(13)26-18/h2-3,6-7H,4-5,8-10H2,1H3,(H2,20,23)(H,21,22). The number of rotatable bonds is 5. The summed E-state index contributed by atoms with van der Waals surface area (Å²) in [7, 11) is 0.